The van der Waals surface area contributed by atoms with Crippen LogP contribution < -0.4 is 4.74 Å². The van der Waals surface area contributed by atoms with Crippen molar-refractivity contribution >= 4 is 17.8 Å². The van der Waals surface area contributed by atoms with Gasteiger partial charge in [-0.1, -0.05) is 12.1 Å². The molecule has 1 aliphatic rings. The number of ether oxygens (including phenoxy) is 3. The largest absolute Gasteiger partial charge is 0.497 e. The van der Waals surface area contributed by atoms with E-state index in [0.717, 1.165) is 11.3 Å². The molecule has 1 unspecified atom stereocenters. The van der Waals surface area contributed by atoms with Crippen LogP contribution >= 0.6 is 0 Å². The summed E-state index contributed by atoms with van der Waals surface area (Å²) in [6.45, 7) is 6.14. The number of rotatable bonds is 4. The first-order valence-corrected chi connectivity index (χ1v) is 8.48. The average Bonchev–Trinajstić information content (AvgIpc) is 3.02. The monoisotopic (exact) mass is 362 g/mol. The molecule has 1 aliphatic heterocycles. The molecule has 2 rings (SSSR count). The van der Waals surface area contributed by atoms with Crippen molar-refractivity contribution in [2.45, 2.75) is 45.4 Å². The number of hydrogen-bond donors (Lipinski definition) is 0. The summed E-state index contributed by atoms with van der Waals surface area (Å²) < 4.78 is 15.4. The summed E-state index contributed by atoms with van der Waals surface area (Å²) in [5.41, 5.74) is 0.969. The molecular formula is C19H26N2O5. The lowest BCUT2D eigenvalue weighted by Crippen LogP contribution is -2.46. The van der Waals surface area contributed by atoms with Crippen molar-refractivity contribution in [3.8, 4) is 5.75 Å². The van der Waals surface area contributed by atoms with Gasteiger partial charge < -0.3 is 14.2 Å². The highest BCUT2D eigenvalue weighted by Gasteiger charge is 2.41. The van der Waals surface area contributed by atoms with Crippen LogP contribution in [0.15, 0.2) is 29.3 Å². The molecule has 7 nitrogen and oxygen atoms in total. The van der Waals surface area contributed by atoms with Gasteiger partial charge >= 0.3 is 12.1 Å². The fourth-order valence-electron chi connectivity index (χ4n) is 2.66. The van der Waals surface area contributed by atoms with Crippen LogP contribution in [-0.4, -0.2) is 55.1 Å². The maximum absolute atomic E-state index is 12.4. The first-order valence-electron chi connectivity index (χ1n) is 8.48. The van der Waals surface area contributed by atoms with Gasteiger partial charge in [0, 0.05) is 18.7 Å². The molecule has 1 atom stereocenters. The van der Waals surface area contributed by atoms with Gasteiger partial charge in [0.1, 0.15) is 11.4 Å². The highest BCUT2D eigenvalue weighted by Crippen LogP contribution is 2.21. The maximum atomic E-state index is 12.4. The molecule has 1 aromatic carbocycles. The van der Waals surface area contributed by atoms with Crippen LogP contribution in [0.1, 0.15) is 32.8 Å². The van der Waals surface area contributed by atoms with Gasteiger partial charge in [-0.05, 0) is 38.5 Å². The minimum atomic E-state index is -0.840. The van der Waals surface area contributed by atoms with E-state index in [1.54, 1.807) is 27.9 Å². The van der Waals surface area contributed by atoms with E-state index in [9.17, 15) is 9.59 Å². The fourth-order valence-corrected chi connectivity index (χ4v) is 2.66. The van der Waals surface area contributed by atoms with Crippen LogP contribution in [0, 0.1) is 0 Å². The van der Waals surface area contributed by atoms with Crippen molar-refractivity contribution < 1.29 is 23.8 Å². The zero-order valence-electron chi connectivity index (χ0n) is 15.9. The van der Waals surface area contributed by atoms with E-state index < -0.39 is 23.7 Å². The lowest BCUT2D eigenvalue weighted by molar-refractivity contribution is -0.143. The van der Waals surface area contributed by atoms with Gasteiger partial charge in [0.05, 0.1) is 20.8 Å². The molecular weight excluding hydrogens is 336 g/mol. The second-order valence-electron chi connectivity index (χ2n) is 7.01. The molecule has 1 heterocycles. The quantitative estimate of drug-likeness (QED) is 0.770. The van der Waals surface area contributed by atoms with Gasteiger partial charge in [-0.15, -0.1) is 0 Å². The maximum Gasteiger partial charge on any atom is 0.411 e. The summed E-state index contributed by atoms with van der Waals surface area (Å²) in [5, 5.41) is 0. The predicted octanol–water partition coefficient (Wildman–Crippen LogP) is 2.82. The van der Waals surface area contributed by atoms with Crippen molar-refractivity contribution in [3.63, 3.8) is 0 Å². The minimum Gasteiger partial charge on any atom is -0.497 e. The molecule has 0 aliphatic carbocycles. The van der Waals surface area contributed by atoms with E-state index in [4.69, 9.17) is 14.2 Å². The Bertz CT molecular complexity index is 676. The molecule has 1 saturated heterocycles. The number of aliphatic imine (C=N–C) groups is 1. The number of methoxy groups -OCH3 is 2. The smallest absolute Gasteiger partial charge is 0.411 e. The van der Waals surface area contributed by atoms with Gasteiger partial charge in [-0.2, -0.15) is 0 Å². The van der Waals surface area contributed by atoms with Crippen LogP contribution in [0.25, 0.3) is 0 Å². The Labute approximate surface area is 153 Å². The van der Waals surface area contributed by atoms with Crippen molar-refractivity contribution in [2.24, 2.45) is 4.99 Å². The van der Waals surface area contributed by atoms with E-state index in [1.165, 1.54) is 12.0 Å². The van der Waals surface area contributed by atoms with Crippen molar-refractivity contribution in [1.82, 2.24) is 4.90 Å². The Morgan fingerprint density at radius 2 is 1.85 bits per heavy atom. The summed E-state index contributed by atoms with van der Waals surface area (Å²) in [7, 11) is 2.91. The highest BCUT2D eigenvalue weighted by atomic mass is 16.6. The minimum absolute atomic E-state index is 0.371. The Morgan fingerprint density at radius 3 is 2.38 bits per heavy atom. The van der Waals surface area contributed by atoms with E-state index in [2.05, 4.69) is 4.99 Å². The third-order valence-corrected chi connectivity index (χ3v) is 3.91. The van der Waals surface area contributed by atoms with Crippen LogP contribution in [0.2, 0.25) is 0 Å². The van der Waals surface area contributed by atoms with Gasteiger partial charge in [-0.25, -0.2) is 9.59 Å². The van der Waals surface area contributed by atoms with Crippen LogP contribution in [0.5, 0.6) is 5.75 Å². The summed E-state index contributed by atoms with van der Waals surface area (Å²) in [6, 6.07) is 6.70. The molecule has 1 amide bonds. The summed E-state index contributed by atoms with van der Waals surface area (Å²) in [6.07, 6.45) is -0.0302. The van der Waals surface area contributed by atoms with E-state index in [-0.39, 0.29) is 0 Å². The lowest BCUT2D eigenvalue weighted by Gasteiger charge is -2.27. The Hall–Kier alpha value is -2.57. The van der Waals surface area contributed by atoms with E-state index in [0.29, 0.717) is 25.2 Å². The van der Waals surface area contributed by atoms with Gasteiger partial charge in [0.15, 0.2) is 6.04 Å². The second-order valence-corrected chi connectivity index (χ2v) is 7.01. The average molecular weight is 362 g/mol. The first-order chi connectivity index (χ1) is 12.2. The Morgan fingerprint density at radius 1 is 1.19 bits per heavy atom. The molecule has 7 heteroatoms. The lowest BCUT2D eigenvalue weighted by atomic mass is 10.1. The normalized spacial score (nSPS) is 18.7. The summed E-state index contributed by atoms with van der Waals surface area (Å²) >= 11 is 0. The molecule has 26 heavy (non-hydrogen) atoms. The number of benzene rings is 1. The van der Waals surface area contributed by atoms with Crippen molar-refractivity contribution in [3.05, 3.63) is 29.8 Å². The molecule has 0 saturated carbocycles. The molecule has 0 radical (unpaired) electrons. The molecule has 1 aromatic rings. The van der Waals surface area contributed by atoms with Gasteiger partial charge in [0.2, 0.25) is 0 Å². The van der Waals surface area contributed by atoms with Crippen LogP contribution in [-0.2, 0) is 20.8 Å². The number of amides is 1. The fraction of sp³-hybridized carbons (Fsp3) is 0.526. The van der Waals surface area contributed by atoms with Crippen molar-refractivity contribution in [1.29, 1.82) is 0 Å². The topological polar surface area (TPSA) is 77.4 Å². The first kappa shape index (κ1) is 19.8. The number of likely N-dealkylation sites (tertiary alicyclic amines) is 1. The van der Waals surface area contributed by atoms with Crippen molar-refractivity contribution in [2.75, 3.05) is 20.8 Å². The Balaban J connectivity index is 2.16. The van der Waals surface area contributed by atoms with E-state index in [1.807, 2.05) is 24.3 Å². The summed E-state index contributed by atoms with van der Waals surface area (Å²) in [4.78, 5) is 30.6. The molecule has 0 aromatic heterocycles. The molecule has 1 fully saturated rings. The number of carbonyl (C=O) groups is 2. The Kier molecular flexibility index (Phi) is 6.23. The number of hydrogen-bond acceptors (Lipinski definition) is 6. The zero-order valence-corrected chi connectivity index (χ0v) is 15.9. The molecule has 142 valence electrons. The highest BCUT2D eigenvalue weighted by molar-refractivity contribution is 6.09. The van der Waals surface area contributed by atoms with Crippen LogP contribution in [0.4, 0.5) is 4.79 Å². The second kappa shape index (κ2) is 8.21. The van der Waals surface area contributed by atoms with Gasteiger partial charge in [-0.3, -0.25) is 9.89 Å². The standard InChI is InChI=1S/C19H26N2O5/c1-19(2,3)26-18(23)21-11-10-15(16(21)17(22)25-5)20-12-13-6-8-14(24-4)9-7-13/h6-9,16H,10-12H2,1-5H3. The predicted molar refractivity (Wildman–Crippen MR) is 97.5 cm³/mol. The van der Waals surface area contributed by atoms with Crippen LogP contribution in [0.3, 0.4) is 0 Å². The third-order valence-electron chi connectivity index (χ3n) is 3.91. The third kappa shape index (κ3) is 4.97. The number of nitrogens with zero attached hydrogens (tertiary/aromatic N) is 2. The van der Waals surface area contributed by atoms with Gasteiger partial charge in [0.25, 0.3) is 0 Å². The molecule has 0 spiro atoms. The molecule has 0 bridgehead atoms. The zero-order chi connectivity index (χ0) is 19.3. The number of carbonyl (C=O) groups excluding carboxylic acids is 2. The summed E-state index contributed by atoms with van der Waals surface area (Å²) in [5.74, 6) is 0.257. The number of esters is 1. The SMILES string of the molecule is COC(=O)C1C(=NCc2ccc(OC)cc2)CCN1C(=O)OC(C)(C)C. The molecule has 0 N–H and O–H groups in total. The van der Waals surface area contributed by atoms with E-state index >= 15 is 0 Å².